The maximum atomic E-state index is 11.4. The number of ether oxygens (including phenoxy) is 2. The van der Waals surface area contributed by atoms with E-state index in [1.807, 2.05) is 0 Å². The zero-order valence-electron chi connectivity index (χ0n) is 8.90. The summed E-state index contributed by atoms with van der Waals surface area (Å²) in [6.45, 7) is 0.986. The lowest BCUT2D eigenvalue weighted by atomic mass is 10.2. The van der Waals surface area contributed by atoms with Crippen molar-refractivity contribution in [2.45, 2.75) is 0 Å². The number of aromatic nitrogens is 2. The Morgan fingerprint density at radius 3 is 3.12 bits per heavy atom. The van der Waals surface area contributed by atoms with Crippen molar-refractivity contribution in [3.05, 3.63) is 34.9 Å². The van der Waals surface area contributed by atoms with E-state index in [9.17, 15) is 4.79 Å². The fraction of sp³-hybridized carbons (Fsp3) is 0.273. The summed E-state index contributed by atoms with van der Waals surface area (Å²) in [6, 6.07) is 3.57. The standard InChI is InChI=1S/C11H12N2O3/c1-15-4-5-16-9-6-8-2-3-12-11(14)10(8)13-7-9/h2-3,6-7H,4-5H2,1H3,(H,12,14). The van der Waals surface area contributed by atoms with Crippen LogP contribution in [0.2, 0.25) is 0 Å². The molecule has 5 heteroatoms. The number of pyridine rings is 2. The van der Waals surface area contributed by atoms with E-state index in [1.165, 1.54) is 6.20 Å². The number of nitrogens with zero attached hydrogens (tertiary/aromatic N) is 1. The highest BCUT2D eigenvalue weighted by atomic mass is 16.5. The van der Waals surface area contributed by atoms with Gasteiger partial charge in [0.1, 0.15) is 17.9 Å². The van der Waals surface area contributed by atoms with E-state index in [0.717, 1.165) is 5.39 Å². The molecular weight excluding hydrogens is 208 g/mol. The van der Waals surface area contributed by atoms with Crippen LogP contribution in [-0.4, -0.2) is 30.3 Å². The van der Waals surface area contributed by atoms with Gasteiger partial charge in [0.15, 0.2) is 0 Å². The number of fused-ring (bicyclic) bond motifs is 1. The molecule has 0 aliphatic heterocycles. The van der Waals surface area contributed by atoms with Crippen LogP contribution in [0, 0.1) is 0 Å². The number of hydrogen-bond acceptors (Lipinski definition) is 4. The highest BCUT2D eigenvalue weighted by Gasteiger charge is 2.01. The minimum atomic E-state index is -0.194. The number of nitrogens with one attached hydrogen (secondary N) is 1. The molecule has 0 atom stereocenters. The van der Waals surface area contributed by atoms with Gasteiger partial charge in [-0.05, 0) is 12.1 Å². The lowest BCUT2D eigenvalue weighted by molar-refractivity contribution is 0.146. The normalized spacial score (nSPS) is 10.6. The Balaban J connectivity index is 2.27. The van der Waals surface area contributed by atoms with Crippen LogP contribution in [0.5, 0.6) is 5.75 Å². The van der Waals surface area contributed by atoms with Crippen LogP contribution >= 0.6 is 0 Å². The van der Waals surface area contributed by atoms with Gasteiger partial charge in [-0.3, -0.25) is 4.79 Å². The Morgan fingerprint density at radius 1 is 1.44 bits per heavy atom. The fourth-order valence-corrected chi connectivity index (χ4v) is 1.38. The predicted octanol–water partition coefficient (Wildman–Crippen LogP) is 0.948. The molecule has 0 fully saturated rings. The summed E-state index contributed by atoms with van der Waals surface area (Å²) in [4.78, 5) is 18.0. The Kier molecular flexibility index (Phi) is 3.16. The third kappa shape index (κ3) is 2.20. The Morgan fingerprint density at radius 2 is 2.31 bits per heavy atom. The molecule has 0 amide bonds. The van der Waals surface area contributed by atoms with E-state index in [2.05, 4.69) is 9.97 Å². The number of aromatic amines is 1. The second-order valence-electron chi connectivity index (χ2n) is 3.26. The molecule has 84 valence electrons. The van der Waals surface area contributed by atoms with Crippen molar-refractivity contribution in [1.29, 1.82) is 0 Å². The van der Waals surface area contributed by atoms with E-state index < -0.39 is 0 Å². The monoisotopic (exact) mass is 220 g/mol. The van der Waals surface area contributed by atoms with Gasteiger partial charge in [0.25, 0.3) is 5.56 Å². The minimum Gasteiger partial charge on any atom is -0.490 e. The van der Waals surface area contributed by atoms with Gasteiger partial charge in [0.2, 0.25) is 0 Å². The highest BCUT2D eigenvalue weighted by Crippen LogP contribution is 2.14. The molecule has 0 aliphatic rings. The first-order chi connectivity index (χ1) is 7.81. The van der Waals surface area contributed by atoms with E-state index in [-0.39, 0.29) is 5.56 Å². The number of hydrogen-bond donors (Lipinski definition) is 1. The molecule has 1 N–H and O–H groups in total. The summed E-state index contributed by atoms with van der Waals surface area (Å²) in [6.07, 6.45) is 3.12. The molecule has 0 saturated carbocycles. The van der Waals surface area contributed by atoms with Gasteiger partial charge in [0, 0.05) is 18.7 Å². The SMILES string of the molecule is COCCOc1cnc2c(=O)[nH]ccc2c1. The van der Waals surface area contributed by atoms with Crippen molar-refractivity contribution < 1.29 is 9.47 Å². The van der Waals surface area contributed by atoms with Gasteiger partial charge in [-0.1, -0.05) is 0 Å². The quantitative estimate of drug-likeness (QED) is 0.779. The smallest absolute Gasteiger partial charge is 0.274 e. The van der Waals surface area contributed by atoms with Gasteiger partial charge in [0.05, 0.1) is 12.8 Å². The summed E-state index contributed by atoms with van der Waals surface area (Å²) in [5.74, 6) is 0.634. The van der Waals surface area contributed by atoms with E-state index in [0.29, 0.717) is 24.5 Å². The van der Waals surface area contributed by atoms with E-state index >= 15 is 0 Å². The maximum Gasteiger partial charge on any atom is 0.274 e. The summed E-state index contributed by atoms with van der Waals surface area (Å²) >= 11 is 0. The summed E-state index contributed by atoms with van der Waals surface area (Å²) in [7, 11) is 1.61. The number of rotatable bonds is 4. The van der Waals surface area contributed by atoms with Crippen LogP contribution in [0.15, 0.2) is 29.3 Å². The van der Waals surface area contributed by atoms with Crippen molar-refractivity contribution in [2.24, 2.45) is 0 Å². The first-order valence-corrected chi connectivity index (χ1v) is 4.90. The van der Waals surface area contributed by atoms with Crippen LogP contribution in [-0.2, 0) is 4.74 Å². The lowest BCUT2D eigenvalue weighted by Crippen LogP contribution is -2.08. The number of H-pyrrole nitrogens is 1. The first-order valence-electron chi connectivity index (χ1n) is 4.90. The molecule has 0 spiro atoms. The summed E-state index contributed by atoms with van der Waals surface area (Å²) in [5.41, 5.74) is 0.225. The molecule has 5 nitrogen and oxygen atoms in total. The van der Waals surface area contributed by atoms with E-state index in [4.69, 9.17) is 9.47 Å². The average Bonchev–Trinajstić information content (AvgIpc) is 2.30. The molecule has 2 rings (SSSR count). The molecule has 0 saturated heterocycles. The maximum absolute atomic E-state index is 11.4. The van der Waals surface area contributed by atoms with Crippen LogP contribution in [0.1, 0.15) is 0 Å². The molecule has 16 heavy (non-hydrogen) atoms. The third-order valence-corrected chi connectivity index (χ3v) is 2.14. The Hall–Kier alpha value is -1.88. The highest BCUT2D eigenvalue weighted by molar-refractivity contribution is 5.78. The van der Waals surface area contributed by atoms with Crippen LogP contribution in [0.4, 0.5) is 0 Å². The zero-order chi connectivity index (χ0) is 11.4. The van der Waals surface area contributed by atoms with E-state index in [1.54, 1.807) is 25.4 Å². The second kappa shape index (κ2) is 4.76. The van der Waals surface area contributed by atoms with Gasteiger partial charge >= 0.3 is 0 Å². The van der Waals surface area contributed by atoms with Crippen LogP contribution in [0.25, 0.3) is 10.9 Å². The van der Waals surface area contributed by atoms with Crippen LogP contribution < -0.4 is 10.3 Å². The van der Waals surface area contributed by atoms with Crippen molar-refractivity contribution in [3.8, 4) is 5.75 Å². The zero-order valence-corrected chi connectivity index (χ0v) is 8.90. The summed E-state index contributed by atoms with van der Waals surface area (Å²) in [5, 5.41) is 0.763. The fourth-order valence-electron chi connectivity index (χ4n) is 1.38. The molecule has 0 aliphatic carbocycles. The van der Waals surface area contributed by atoms with Gasteiger partial charge < -0.3 is 14.5 Å². The molecule has 0 aromatic carbocycles. The Labute approximate surface area is 92.0 Å². The van der Waals surface area contributed by atoms with Gasteiger partial charge in [-0.2, -0.15) is 0 Å². The molecular formula is C11H12N2O3. The topological polar surface area (TPSA) is 64.2 Å². The average molecular weight is 220 g/mol. The molecule has 2 heterocycles. The Bertz CT molecular complexity index is 536. The largest absolute Gasteiger partial charge is 0.490 e. The summed E-state index contributed by atoms with van der Waals surface area (Å²) < 4.78 is 10.3. The number of methoxy groups -OCH3 is 1. The van der Waals surface area contributed by atoms with Gasteiger partial charge in [-0.15, -0.1) is 0 Å². The third-order valence-electron chi connectivity index (χ3n) is 2.14. The molecule has 0 bridgehead atoms. The molecule has 0 radical (unpaired) electrons. The van der Waals surface area contributed by atoms with Gasteiger partial charge in [-0.25, -0.2) is 4.98 Å². The van der Waals surface area contributed by atoms with Crippen LogP contribution in [0.3, 0.4) is 0 Å². The van der Waals surface area contributed by atoms with Crippen molar-refractivity contribution in [1.82, 2.24) is 9.97 Å². The molecule has 2 aromatic rings. The van der Waals surface area contributed by atoms with Crippen molar-refractivity contribution in [3.63, 3.8) is 0 Å². The minimum absolute atomic E-state index is 0.194. The molecule has 0 unspecified atom stereocenters. The van der Waals surface area contributed by atoms with Crippen molar-refractivity contribution >= 4 is 10.9 Å². The lowest BCUT2D eigenvalue weighted by Gasteiger charge is -2.05. The molecule has 2 aromatic heterocycles. The second-order valence-corrected chi connectivity index (χ2v) is 3.26. The van der Waals surface area contributed by atoms with Crippen molar-refractivity contribution in [2.75, 3.05) is 20.3 Å². The first kappa shape index (κ1) is 10.6. The predicted molar refractivity (Wildman–Crippen MR) is 59.7 cm³/mol.